The Kier molecular flexibility index (Phi) is 6.64. The lowest BCUT2D eigenvalue weighted by Gasteiger charge is -2.10. The minimum atomic E-state index is -0.165. The van der Waals surface area contributed by atoms with Gasteiger partial charge in [0.25, 0.3) is 0 Å². The van der Waals surface area contributed by atoms with E-state index in [0.29, 0.717) is 34.5 Å². The van der Waals surface area contributed by atoms with Gasteiger partial charge in [0.1, 0.15) is 17.1 Å². The second kappa shape index (κ2) is 10.2. The summed E-state index contributed by atoms with van der Waals surface area (Å²) in [6.07, 6.45) is 5.23. The van der Waals surface area contributed by atoms with E-state index >= 15 is 0 Å². The smallest absolute Gasteiger partial charge is 0.333 e. The summed E-state index contributed by atoms with van der Waals surface area (Å²) in [7, 11) is 1.57. The van der Waals surface area contributed by atoms with Crippen molar-refractivity contribution in [3.63, 3.8) is 0 Å². The number of aryl methyl sites for hydroxylation is 1. The van der Waals surface area contributed by atoms with Crippen molar-refractivity contribution in [3.05, 3.63) is 93.8 Å². The van der Waals surface area contributed by atoms with E-state index < -0.39 is 0 Å². The zero-order valence-corrected chi connectivity index (χ0v) is 20.6. The molecule has 3 heterocycles. The summed E-state index contributed by atoms with van der Waals surface area (Å²) >= 11 is 6.47. The number of pyridine rings is 1. The Morgan fingerprint density at radius 1 is 1.08 bits per heavy atom. The minimum absolute atomic E-state index is 0.165. The van der Waals surface area contributed by atoms with E-state index in [9.17, 15) is 4.79 Å². The molecule has 0 unspecified atom stereocenters. The average molecular weight is 502 g/mol. The Bertz CT molecular complexity index is 1540. The molecule has 0 amide bonds. The topological polar surface area (TPSA) is 104 Å². The zero-order valence-electron chi connectivity index (χ0n) is 19.8. The highest BCUT2D eigenvalue weighted by Crippen LogP contribution is 2.30. The lowest BCUT2D eigenvalue weighted by molar-refractivity contribution is 0.412. The number of nitrogens with zero attached hydrogens (tertiary/aromatic N) is 6. The fourth-order valence-corrected chi connectivity index (χ4v) is 4.52. The van der Waals surface area contributed by atoms with Gasteiger partial charge in [0.2, 0.25) is 0 Å². The molecule has 0 aliphatic rings. The molecule has 0 fully saturated rings. The van der Waals surface area contributed by atoms with Gasteiger partial charge in [-0.25, -0.2) is 9.89 Å². The maximum Gasteiger partial charge on any atom is 0.333 e. The number of para-hydroxylation sites is 1. The fourth-order valence-electron chi connectivity index (χ4n) is 4.26. The van der Waals surface area contributed by atoms with Gasteiger partial charge in [-0.1, -0.05) is 61.3 Å². The first-order valence-electron chi connectivity index (χ1n) is 11.5. The molecule has 0 radical (unpaired) electrons. The zero-order chi connectivity index (χ0) is 25.1. The van der Waals surface area contributed by atoms with Gasteiger partial charge in [0.05, 0.1) is 18.7 Å². The Hall–Kier alpha value is -4.24. The molecule has 0 saturated carbocycles. The molecule has 0 bridgehead atoms. The third kappa shape index (κ3) is 4.40. The number of rotatable bonds is 8. The van der Waals surface area contributed by atoms with Crippen LogP contribution in [0.3, 0.4) is 0 Å². The van der Waals surface area contributed by atoms with Crippen LogP contribution in [0.1, 0.15) is 24.6 Å². The second-order valence-corrected chi connectivity index (χ2v) is 8.65. The Morgan fingerprint density at radius 2 is 1.92 bits per heavy atom. The number of nitrogens with one attached hydrogen (secondary N) is 1. The largest absolute Gasteiger partial charge is 0.494 e. The van der Waals surface area contributed by atoms with E-state index in [4.69, 9.17) is 16.3 Å². The van der Waals surface area contributed by atoms with Crippen molar-refractivity contribution in [2.24, 2.45) is 0 Å². The van der Waals surface area contributed by atoms with Crippen LogP contribution in [0.2, 0.25) is 5.02 Å². The van der Waals surface area contributed by atoms with Crippen molar-refractivity contribution in [2.45, 2.75) is 26.3 Å². The summed E-state index contributed by atoms with van der Waals surface area (Å²) in [5, 5.41) is 14.5. The van der Waals surface area contributed by atoms with E-state index in [2.05, 4.69) is 32.5 Å². The van der Waals surface area contributed by atoms with Crippen molar-refractivity contribution >= 4 is 11.6 Å². The van der Waals surface area contributed by atoms with Gasteiger partial charge in [0, 0.05) is 23.7 Å². The van der Waals surface area contributed by atoms with Gasteiger partial charge in [-0.05, 0) is 46.2 Å². The summed E-state index contributed by atoms with van der Waals surface area (Å²) in [6.45, 7) is 2.52. The molecule has 5 aromatic rings. The highest BCUT2D eigenvalue weighted by atomic mass is 35.5. The van der Waals surface area contributed by atoms with E-state index in [-0.39, 0.29) is 5.69 Å². The van der Waals surface area contributed by atoms with E-state index in [1.807, 2.05) is 42.6 Å². The number of aromatic nitrogens is 7. The highest BCUT2D eigenvalue weighted by Gasteiger charge is 2.18. The molecule has 0 spiro atoms. The summed E-state index contributed by atoms with van der Waals surface area (Å²) in [5.74, 6) is 1.05. The summed E-state index contributed by atoms with van der Waals surface area (Å²) < 4.78 is 8.85. The van der Waals surface area contributed by atoms with Gasteiger partial charge in [-0.15, -0.1) is 5.10 Å². The Labute approximate surface area is 212 Å². The number of imidazole rings is 1. The number of aromatic amines is 1. The summed E-state index contributed by atoms with van der Waals surface area (Å²) in [4.78, 5) is 18.0. The first-order chi connectivity index (χ1) is 17.6. The highest BCUT2D eigenvalue weighted by molar-refractivity contribution is 6.32. The fraction of sp³-hybridized carbons (Fsp3) is 0.192. The van der Waals surface area contributed by atoms with Crippen LogP contribution in [0.4, 0.5) is 0 Å². The van der Waals surface area contributed by atoms with Crippen LogP contribution in [0.5, 0.6) is 5.75 Å². The number of hydrogen-bond acceptors (Lipinski definition) is 6. The molecule has 1 N–H and O–H groups in total. The van der Waals surface area contributed by atoms with Crippen LogP contribution < -0.4 is 10.4 Å². The predicted molar refractivity (Wildman–Crippen MR) is 138 cm³/mol. The minimum Gasteiger partial charge on any atom is -0.494 e. The Morgan fingerprint density at radius 3 is 2.64 bits per heavy atom. The molecular formula is C26H24ClN7O2. The number of tetrazole rings is 1. The van der Waals surface area contributed by atoms with Gasteiger partial charge in [0.15, 0.2) is 5.82 Å². The molecule has 0 aliphatic heterocycles. The standard InChI is InChI=1S/C26H24ClN7O2/c1-3-6-19-16-34(24-21(27)8-4-9-22(24)36-2)26(35)33(19)15-17-10-12-18(13-11-17)20-7-5-14-28-23(20)25-29-31-32-30-25/h4-5,7-14,16H,3,6,15H2,1-2H3,(H,29,30,31,32). The predicted octanol–water partition coefficient (Wildman–Crippen LogP) is 4.54. The molecule has 10 heteroatoms. The van der Waals surface area contributed by atoms with Crippen molar-refractivity contribution in [1.29, 1.82) is 0 Å². The lowest BCUT2D eigenvalue weighted by Crippen LogP contribution is -2.25. The number of methoxy groups -OCH3 is 1. The number of benzene rings is 2. The van der Waals surface area contributed by atoms with Crippen molar-refractivity contribution in [1.82, 2.24) is 34.7 Å². The number of H-pyrrole nitrogens is 1. The van der Waals surface area contributed by atoms with Crippen LogP contribution in [0.15, 0.2) is 71.8 Å². The second-order valence-electron chi connectivity index (χ2n) is 8.25. The molecule has 3 aromatic heterocycles. The normalized spacial score (nSPS) is 11.1. The van der Waals surface area contributed by atoms with Gasteiger partial charge in [-0.2, -0.15) is 0 Å². The summed E-state index contributed by atoms with van der Waals surface area (Å²) in [6, 6.07) is 17.2. The number of halogens is 1. The third-order valence-corrected chi connectivity index (χ3v) is 6.27. The van der Waals surface area contributed by atoms with Crippen LogP contribution in [-0.4, -0.2) is 41.9 Å². The van der Waals surface area contributed by atoms with E-state index in [1.165, 1.54) is 0 Å². The van der Waals surface area contributed by atoms with Crippen LogP contribution in [-0.2, 0) is 13.0 Å². The quantitative estimate of drug-likeness (QED) is 0.334. The molecule has 9 nitrogen and oxygen atoms in total. The number of hydrogen-bond donors (Lipinski definition) is 1. The van der Waals surface area contributed by atoms with E-state index in [0.717, 1.165) is 35.2 Å². The maximum absolute atomic E-state index is 13.5. The Balaban J connectivity index is 1.50. The third-order valence-electron chi connectivity index (χ3n) is 5.96. The van der Waals surface area contributed by atoms with Gasteiger partial charge >= 0.3 is 5.69 Å². The van der Waals surface area contributed by atoms with Gasteiger partial charge < -0.3 is 4.74 Å². The average Bonchev–Trinajstić information content (AvgIpc) is 3.54. The molecule has 182 valence electrons. The first kappa shape index (κ1) is 23.5. The molecule has 36 heavy (non-hydrogen) atoms. The van der Waals surface area contributed by atoms with Crippen molar-refractivity contribution in [3.8, 4) is 34.1 Å². The first-order valence-corrected chi connectivity index (χ1v) is 11.9. The van der Waals surface area contributed by atoms with E-state index in [1.54, 1.807) is 40.6 Å². The molecule has 0 aliphatic carbocycles. The molecule has 0 saturated heterocycles. The summed E-state index contributed by atoms with van der Waals surface area (Å²) in [5.41, 5.74) is 4.85. The van der Waals surface area contributed by atoms with Crippen LogP contribution in [0, 0.1) is 0 Å². The van der Waals surface area contributed by atoms with Crippen LogP contribution in [0.25, 0.3) is 28.3 Å². The SMILES string of the molecule is CCCc1cn(-c2c(Cl)cccc2OC)c(=O)n1Cc1ccc(-c2cccnc2-c2nnn[nH]2)cc1. The molecule has 0 atom stereocenters. The van der Waals surface area contributed by atoms with Gasteiger partial charge in [-0.3, -0.25) is 14.1 Å². The van der Waals surface area contributed by atoms with Crippen molar-refractivity contribution in [2.75, 3.05) is 7.11 Å². The molecule has 5 rings (SSSR count). The number of ether oxygens (including phenoxy) is 1. The molecule has 2 aromatic carbocycles. The van der Waals surface area contributed by atoms with Crippen molar-refractivity contribution < 1.29 is 4.74 Å². The van der Waals surface area contributed by atoms with Crippen LogP contribution >= 0.6 is 11.6 Å². The maximum atomic E-state index is 13.5. The molecular weight excluding hydrogens is 478 g/mol. The lowest BCUT2D eigenvalue weighted by atomic mass is 10.0. The monoisotopic (exact) mass is 501 g/mol.